The third kappa shape index (κ3) is 3.90. The van der Waals surface area contributed by atoms with Crippen LogP contribution in [-0.4, -0.2) is 17.0 Å². The Labute approximate surface area is 140 Å². The standard InChI is InChI=1S/C15H13BrN2O3S/c16-12-7-9(22-8-17)5-6-13(12)18-14(19)10-3-1-2-4-11(10)15(20)21/h1-2,5-7,10-11H,3-4H2,(H,18,19)(H,20,21). The molecule has 1 aromatic rings. The monoisotopic (exact) mass is 380 g/mol. The number of nitrogens with one attached hydrogen (secondary N) is 1. The molecule has 1 aromatic carbocycles. The zero-order valence-corrected chi connectivity index (χ0v) is 13.9. The summed E-state index contributed by atoms with van der Waals surface area (Å²) >= 11 is 4.37. The van der Waals surface area contributed by atoms with Crippen molar-refractivity contribution >= 4 is 45.3 Å². The number of rotatable bonds is 4. The molecule has 114 valence electrons. The number of nitriles is 1. The molecule has 0 saturated heterocycles. The summed E-state index contributed by atoms with van der Waals surface area (Å²) in [5.41, 5.74) is 0.561. The maximum atomic E-state index is 12.4. The number of aliphatic carboxylic acids is 1. The molecule has 0 heterocycles. The summed E-state index contributed by atoms with van der Waals surface area (Å²) in [5, 5.41) is 22.6. The number of allylic oxidation sites excluding steroid dienone is 2. The number of carboxylic acid groups (broad SMARTS) is 1. The Bertz CT molecular complexity index is 669. The maximum absolute atomic E-state index is 12.4. The maximum Gasteiger partial charge on any atom is 0.307 e. The molecular weight excluding hydrogens is 368 g/mol. The Morgan fingerprint density at radius 2 is 2.00 bits per heavy atom. The SMILES string of the molecule is N#CSc1ccc(NC(=O)C2CC=CCC2C(=O)O)c(Br)c1. The van der Waals surface area contributed by atoms with Crippen molar-refractivity contribution in [2.24, 2.45) is 11.8 Å². The summed E-state index contributed by atoms with van der Waals surface area (Å²) in [7, 11) is 0. The Morgan fingerprint density at radius 1 is 1.32 bits per heavy atom. The molecule has 2 atom stereocenters. The molecule has 0 bridgehead atoms. The first-order valence-electron chi connectivity index (χ1n) is 6.57. The van der Waals surface area contributed by atoms with Crippen molar-refractivity contribution < 1.29 is 14.7 Å². The minimum atomic E-state index is -0.954. The van der Waals surface area contributed by atoms with Gasteiger partial charge >= 0.3 is 5.97 Å². The second kappa shape index (κ2) is 7.47. The van der Waals surface area contributed by atoms with Crippen LogP contribution in [0.3, 0.4) is 0 Å². The zero-order valence-electron chi connectivity index (χ0n) is 11.5. The average molecular weight is 381 g/mol. The molecule has 0 aromatic heterocycles. The lowest BCUT2D eigenvalue weighted by molar-refractivity contribution is -0.146. The highest BCUT2D eigenvalue weighted by Crippen LogP contribution is 2.31. The molecule has 0 spiro atoms. The van der Waals surface area contributed by atoms with Crippen molar-refractivity contribution in [1.29, 1.82) is 5.26 Å². The van der Waals surface area contributed by atoms with Gasteiger partial charge in [-0.15, -0.1) is 0 Å². The highest BCUT2D eigenvalue weighted by Gasteiger charge is 2.34. The van der Waals surface area contributed by atoms with Crippen molar-refractivity contribution in [2.45, 2.75) is 17.7 Å². The van der Waals surface area contributed by atoms with Crippen LogP contribution in [-0.2, 0) is 9.59 Å². The molecule has 7 heteroatoms. The summed E-state index contributed by atoms with van der Waals surface area (Å²) in [6, 6.07) is 5.15. The van der Waals surface area contributed by atoms with E-state index in [2.05, 4.69) is 21.2 Å². The number of carbonyl (C=O) groups is 2. The van der Waals surface area contributed by atoms with Crippen LogP contribution in [0.25, 0.3) is 0 Å². The lowest BCUT2D eigenvalue weighted by Crippen LogP contribution is -2.34. The fourth-order valence-electron chi connectivity index (χ4n) is 2.32. The van der Waals surface area contributed by atoms with E-state index in [0.717, 1.165) is 16.7 Å². The van der Waals surface area contributed by atoms with Gasteiger partial charge in [-0.25, -0.2) is 0 Å². The van der Waals surface area contributed by atoms with E-state index in [9.17, 15) is 14.7 Å². The third-order valence-electron chi connectivity index (χ3n) is 3.45. The van der Waals surface area contributed by atoms with Crippen LogP contribution in [0.2, 0.25) is 0 Å². The van der Waals surface area contributed by atoms with E-state index < -0.39 is 17.8 Å². The smallest absolute Gasteiger partial charge is 0.307 e. The molecule has 2 unspecified atom stereocenters. The molecule has 0 radical (unpaired) electrons. The van der Waals surface area contributed by atoms with Gasteiger partial charge < -0.3 is 10.4 Å². The van der Waals surface area contributed by atoms with Crippen LogP contribution in [0.1, 0.15) is 12.8 Å². The minimum absolute atomic E-state index is 0.307. The molecule has 0 saturated carbocycles. The fraction of sp³-hybridized carbons (Fsp3) is 0.267. The average Bonchev–Trinajstić information content (AvgIpc) is 2.50. The molecule has 0 fully saturated rings. The van der Waals surface area contributed by atoms with Gasteiger partial charge in [0.05, 0.1) is 17.5 Å². The summed E-state index contributed by atoms with van der Waals surface area (Å²) < 4.78 is 0.652. The number of hydrogen-bond acceptors (Lipinski definition) is 4. The van der Waals surface area contributed by atoms with E-state index >= 15 is 0 Å². The second-order valence-corrected chi connectivity index (χ2v) is 6.53. The summed E-state index contributed by atoms with van der Waals surface area (Å²) in [5.74, 6) is -2.54. The van der Waals surface area contributed by atoms with Gasteiger partial charge in [-0.1, -0.05) is 12.2 Å². The van der Waals surface area contributed by atoms with Crippen molar-refractivity contribution in [3.63, 3.8) is 0 Å². The number of benzene rings is 1. The van der Waals surface area contributed by atoms with Gasteiger partial charge in [0, 0.05) is 9.37 Å². The summed E-state index contributed by atoms with van der Waals surface area (Å²) in [6.07, 6.45) is 4.42. The molecule has 1 aliphatic rings. The summed E-state index contributed by atoms with van der Waals surface area (Å²) in [6.45, 7) is 0. The minimum Gasteiger partial charge on any atom is -0.481 e. The quantitative estimate of drug-likeness (QED) is 0.472. The first-order valence-corrected chi connectivity index (χ1v) is 8.18. The third-order valence-corrected chi connectivity index (χ3v) is 4.69. The first-order chi connectivity index (χ1) is 10.5. The number of hydrogen-bond donors (Lipinski definition) is 2. The lowest BCUT2D eigenvalue weighted by Gasteiger charge is -2.24. The number of amides is 1. The van der Waals surface area contributed by atoms with Gasteiger partial charge in [0.15, 0.2) is 0 Å². The number of anilines is 1. The molecule has 0 aliphatic heterocycles. The second-order valence-electron chi connectivity index (χ2n) is 4.82. The summed E-state index contributed by atoms with van der Waals surface area (Å²) in [4.78, 5) is 24.4. The van der Waals surface area contributed by atoms with Crippen LogP contribution in [0.5, 0.6) is 0 Å². The Hall–Kier alpha value is -1.78. The van der Waals surface area contributed by atoms with Gasteiger partial charge in [0.1, 0.15) is 5.40 Å². The lowest BCUT2D eigenvalue weighted by atomic mass is 9.82. The van der Waals surface area contributed by atoms with Crippen LogP contribution in [0.4, 0.5) is 5.69 Å². The van der Waals surface area contributed by atoms with Crippen molar-refractivity contribution in [3.8, 4) is 5.40 Å². The number of nitrogens with zero attached hydrogens (tertiary/aromatic N) is 1. The van der Waals surface area contributed by atoms with Crippen LogP contribution < -0.4 is 5.32 Å². The Balaban J connectivity index is 2.13. The van der Waals surface area contributed by atoms with Gasteiger partial charge in [0.25, 0.3) is 0 Å². The van der Waals surface area contributed by atoms with E-state index in [0.29, 0.717) is 23.0 Å². The highest BCUT2D eigenvalue weighted by molar-refractivity contribution is 9.10. The van der Waals surface area contributed by atoms with Crippen LogP contribution in [0, 0.1) is 22.5 Å². The molecule has 5 nitrogen and oxygen atoms in total. The van der Waals surface area contributed by atoms with Crippen LogP contribution >= 0.6 is 27.7 Å². The molecule has 2 rings (SSSR count). The number of halogens is 1. The van der Waals surface area contributed by atoms with E-state index in [1.54, 1.807) is 24.3 Å². The van der Waals surface area contributed by atoms with Gasteiger partial charge in [-0.3, -0.25) is 9.59 Å². The molecule has 1 amide bonds. The largest absolute Gasteiger partial charge is 0.481 e. The molecule has 1 aliphatic carbocycles. The molecule has 22 heavy (non-hydrogen) atoms. The number of carbonyl (C=O) groups excluding carboxylic acids is 1. The molecule has 2 N–H and O–H groups in total. The topological polar surface area (TPSA) is 90.2 Å². The van der Waals surface area contributed by atoms with Crippen molar-refractivity contribution in [2.75, 3.05) is 5.32 Å². The van der Waals surface area contributed by atoms with E-state index in [4.69, 9.17) is 5.26 Å². The van der Waals surface area contributed by atoms with Crippen LogP contribution in [0.15, 0.2) is 39.7 Å². The van der Waals surface area contributed by atoms with E-state index in [-0.39, 0.29) is 5.91 Å². The molecular formula is C15H13BrN2O3S. The van der Waals surface area contributed by atoms with Gasteiger partial charge in [-0.2, -0.15) is 5.26 Å². The number of thioether (sulfide) groups is 1. The van der Waals surface area contributed by atoms with E-state index in [1.165, 1.54) is 0 Å². The normalized spacial score (nSPS) is 20.2. The predicted molar refractivity (Wildman–Crippen MR) is 87.2 cm³/mol. The highest BCUT2D eigenvalue weighted by atomic mass is 79.9. The first kappa shape index (κ1) is 16.6. The number of carboxylic acids is 1. The zero-order chi connectivity index (χ0) is 16.1. The predicted octanol–water partition coefficient (Wildman–Crippen LogP) is 3.63. The van der Waals surface area contributed by atoms with Crippen molar-refractivity contribution in [3.05, 3.63) is 34.8 Å². The Kier molecular flexibility index (Phi) is 5.63. The van der Waals surface area contributed by atoms with Crippen molar-refractivity contribution in [1.82, 2.24) is 0 Å². The fourth-order valence-corrected chi connectivity index (χ4v) is 3.36. The van der Waals surface area contributed by atoms with E-state index in [1.807, 2.05) is 11.5 Å². The number of thiocyanates is 1. The van der Waals surface area contributed by atoms with Gasteiger partial charge in [0.2, 0.25) is 5.91 Å². The Morgan fingerprint density at radius 3 is 2.59 bits per heavy atom. The van der Waals surface area contributed by atoms with Gasteiger partial charge in [-0.05, 0) is 58.7 Å².